The molecule has 1 fully saturated rings. The molecule has 5 amide bonds. The third-order valence-electron chi connectivity index (χ3n) is 10.9. The molecule has 0 bridgehead atoms. The molecule has 308 valence electrons. The van der Waals surface area contributed by atoms with Gasteiger partial charge in [-0.1, -0.05) is 33.3 Å². The zero-order valence-corrected chi connectivity index (χ0v) is 34.2. The number of amides is 5. The number of piperidine rings is 1. The first kappa shape index (κ1) is 41.8. The van der Waals surface area contributed by atoms with Crippen LogP contribution in [0.25, 0.3) is 22.0 Å². The number of carbonyl (C=O) groups is 5. The van der Waals surface area contributed by atoms with Gasteiger partial charge in [0.1, 0.15) is 23.1 Å². The first-order valence-electron chi connectivity index (χ1n) is 19.5. The largest absolute Gasteiger partial charge is 0.496 e. The fourth-order valence-corrected chi connectivity index (χ4v) is 7.60. The lowest BCUT2D eigenvalue weighted by Crippen LogP contribution is -2.54. The highest BCUT2D eigenvalue weighted by Crippen LogP contribution is 2.37. The van der Waals surface area contributed by atoms with Crippen LogP contribution in [-0.2, 0) is 46.2 Å². The zero-order chi connectivity index (χ0) is 41.9. The van der Waals surface area contributed by atoms with Crippen molar-refractivity contribution in [2.75, 3.05) is 40.5 Å². The van der Waals surface area contributed by atoms with Gasteiger partial charge in [0.2, 0.25) is 17.7 Å². The number of fused-ring (bicyclic) bond motifs is 2. The molecular weight excluding hydrogens is 745 g/mol. The molecule has 0 radical (unpaired) electrons. The molecule has 58 heavy (non-hydrogen) atoms. The number of hydrogen-bond acceptors (Lipinski definition) is 10. The molecule has 0 aliphatic carbocycles. The SMILES string of the molecule is CCC(COCC(C)(C)CNC(=O)CNCc1c(OC)cc(-c2cn(C)c(=O)c3c2ccn3C)cc1OC)Cc1ccc2c(c1)C(=O)N(C1CCC(=O)NC1=O)C2=O. The number of aromatic nitrogens is 2. The maximum Gasteiger partial charge on any atom is 0.274 e. The van der Waals surface area contributed by atoms with Crippen molar-refractivity contribution >= 4 is 40.4 Å². The van der Waals surface area contributed by atoms with Crippen LogP contribution in [0.4, 0.5) is 0 Å². The van der Waals surface area contributed by atoms with Crippen LogP contribution < -0.4 is 31.0 Å². The number of rotatable bonds is 17. The van der Waals surface area contributed by atoms with Gasteiger partial charge >= 0.3 is 0 Å². The minimum atomic E-state index is -1.01. The fraction of sp³-hybridized carbons (Fsp3) is 0.442. The minimum absolute atomic E-state index is 0.0640. The molecule has 6 rings (SSSR count). The highest BCUT2D eigenvalue weighted by molar-refractivity contribution is 6.23. The lowest BCUT2D eigenvalue weighted by molar-refractivity contribution is -0.136. The van der Waals surface area contributed by atoms with Gasteiger partial charge in [-0.3, -0.25) is 39.0 Å². The van der Waals surface area contributed by atoms with E-state index in [4.69, 9.17) is 14.2 Å². The van der Waals surface area contributed by atoms with Gasteiger partial charge in [0.15, 0.2) is 0 Å². The molecule has 0 spiro atoms. The number of methoxy groups -OCH3 is 2. The van der Waals surface area contributed by atoms with Crippen molar-refractivity contribution in [3.63, 3.8) is 0 Å². The Morgan fingerprint density at radius 2 is 1.66 bits per heavy atom. The molecule has 0 saturated carbocycles. The summed E-state index contributed by atoms with van der Waals surface area (Å²) in [6.07, 6.45) is 5.28. The van der Waals surface area contributed by atoms with Crippen LogP contribution in [0.2, 0.25) is 0 Å². The Balaban J connectivity index is 0.980. The number of carbonyl (C=O) groups excluding carboxylic acids is 5. The maximum absolute atomic E-state index is 13.3. The number of ether oxygens (including phenoxy) is 3. The van der Waals surface area contributed by atoms with Crippen LogP contribution in [0, 0.1) is 11.3 Å². The molecule has 1 saturated heterocycles. The molecule has 2 aliphatic rings. The average Bonchev–Trinajstić information content (AvgIpc) is 3.70. The zero-order valence-electron chi connectivity index (χ0n) is 34.2. The van der Waals surface area contributed by atoms with Gasteiger partial charge in [0.05, 0.1) is 38.5 Å². The van der Waals surface area contributed by atoms with Crippen molar-refractivity contribution < 1.29 is 38.2 Å². The molecule has 2 aliphatic heterocycles. The van der Waals surface area contributed by atoms with Gasteiger partial charge in [0.25, 0.3) is 17.4 Å². The summed E-state index contributed by atoms with van der Waals surface area (Å²) < 4.78 is 21.1. The maximum atomic E-state index is 13.3. The molecule has 15 nitrogen and oxygen atoms in total. The molecular formula is C43H52N6O9. The van der Waals surface area contributed by atoms with Crippen molar-refractivity contribution in [2.45, 2.75) is 59.0 Å². The van der Waals surface area contributed by atoms with Gasteiger partial charge in [-0.15, -0.1) is 0 Å². The summed E-state index contributed by atoms with van der Waals surface area (Å²) in [7, 11) is 6.74. The van der Waals surface area contributed by atoms with E-state index in [9.17, 15) is 28.8 Å². The molecule has 4 aromatic rings. The van der Waals surface area contributed by atoms with Crippen LogP contribution in [0.5, 0.6) is 11.5 Å². The quantitative estimate of drug-likeness (QED) is 0.134. The number of benzene rings is 2. The average molecular weight is 797 g/mol. The van der Waals surface area contributed by atoms with E-state index in [1.165, 1.54) is 0 Å². The van der Waals surface area contributed by atoms with Crippen molar-refractivity contribution in [1.82, 2.24) is 30.0 Å². The topological polar surface area (TPSA) is 179 Å². The Bertz CT molecular complexity index is 2300. The first-order chi connectivity index (χ1) is 27.7. The Kier molecular flexibility index (Phi) is 12.5. The lowest BCUT2D eigenvalue weighted by Gasteiger charge is -2.27. The number of nitrogens with one attached hydrogen (secondary N) is 3. The smallest absolute Gasteiger partial charge is 0.274 e. The highest BCUT2D eigenvalue weighted by atomic mass is 16.5. The molecule has 2 atom stereocenters. The van der Waals surface area contributed by atoms with E-state index >= 15 is 0 Å². The van der Waals surface area contributed by atoms with Gasteiger partial charge in [-0.05, 0) is 60.2 Å². The van der Waals surface area contributed by atoms with Crippen molar-refractivity contribution in [2.24, 2.45) is 25.4 Å². The molecule has 4 heterocycles. The minimum Gasteiger partial charge on any atom is -0.496 e. The monoisotopic (exact) mass is 796 g/mol. The summed E-state index contributed by atoms with van der Waals surface area (Å²) in [5, 5.41) is 9.25. The lowest BCUT2D eigenvalue weighted by atomic mass is 9.93. The van der Waals surface area contributed by atoms with Crippen molar-refractivity contribution in [3.05, 3.63) is 81.4 Å². The molecule has 2 aromatic carbocycles. The summed E-state index contributed by atoms with van der Waals surface area (Å²) in [5.74, 6) is -0.977. The van der Waals surface area contributed by atoms with Crippen molar-refractivity contribution in [3.8, 4) is 22.6 Å². The second-order valence-electron chi connectivity index (χ2n) is 15.9. The molecule has 3 N–H and O–H groups in total. The summed E-state index contributed by atoms with van der Waals surface area (Å²) in [6.45, 7) is 7.73. The van der Waals surface area contributed by atoms with E-state index < -0.39 is 29.7 Å². The second kappa shape index (κ2) is 17.4. The van der Waals surface area contributed by atoms with E-state index in [-0.39, 0.29) is 53.3 Å². The second-order valence-corrected chi connectivity index (χ2v) is 15.9. The summed E-state index contributed by atoms with van der Waals surface area (Å²) in [5.41, 5.74) is 3.99. The van der Waals surface area contributed by atoms with E-state index in [0.29, 0.717) is 49.7 Å². The Hall–Kier alpha value is -5.80. The van der Waals surface area contributed by atoms with E-state index in [2.05, 4.69) is 22.9 Å². The van der Waals surface area contributed by atoms with E-state index in [1.807, 2.05) is 62.1 Å². The third-order valence-corrected chi connectivity index (χ3v) is 10.9. The predicted octanol–water partition coefficient (Wildman–Crippen LogP) is 3.48. The third kappa shape index (κ3) is 8.70. The first-order valence-corrected chi connectivity index (χ1v) is 19.5. The van der Waals surface area contributed by atoms with Crippen LogP contribution in [0.1, 0.15) is 71.9 Å². The Labute approximate surface area is 337 Å². The summed E-state index contributed by atoms with van der Waals surface area (Å²) >= 11 is 0. The summed E-state index contributed by atoms with van der Waals surface area (Å²) in [4.78, 5) is 77.1. The number of hydrogen-bond donors (Lipinski definition) is 3. The number of nitrogens with zero attached hydrogens (tertiary/aromatic N) is 3. The number of aryl methyl sites for hydroxylation is 2. The molecule has 15 heteroatoms. The van der Waals surface area contributed by atoms with Gasteiger partial charge < -0.3 is 34.0 Å². The molecule has 2 unspecified atom stereocenters. The Morgan fingerprint density at radius 3 is 2.33 bits per heavy atom. The van der Waals surface area contributed by atoms with Gasteiger partial charge in [-0.25, -0.2) is 0 Å². The van der Waals surface area contributed by atoms with Crippen molar-refractivity contribution in [1.29, 1.82) is 0 Å². The highest BCUT2D eigenvalue weighted by Gasteiger charge is 2.44. The van der Waals surface area contributed by atoms with Gasteiger partial charge in [0, 0.05) is 74.5 Å². The number of pyridine rings is 1. The predicted molar refractivity (Wildman–Crippen MR) is 217 cm³/mol. The van der Waals surface area contributed by atoms with Crippen LogP contribution in [-0.4, -0.2) is 90.1 Å². The van der Waals surface area contributed by atoms with Crippen LogP contribution >= 0.6 is 0 Å². The van der Waals surface area contributed by atoms with E-state index in [0.717, 1.165) is 39.0 Å². The normalized spacial score (nSPS) is 16.1. The summed E-state index contributed by atoms with van der Waals surface area (Å²) in [6, 6.07) is 9.91. The van der Waals surface area contributed by atoms with E-state index in [1.54, 1.807) is 38.0 Å². The molecule has 2 aromatic heterocycles. The number of imide groups is 2. The Morgan fingerprint density at radius 1 is 0.948 bits per heavy atom. The van der Waals surface area contributed by atoms with Crippen LogP contribution in [0.3, 0.4) is 0 Å². The fourth-order valence-electron chi connectivity index (χ4n) is 7.60. The van der Waals surface area contributed by atoms with Crippen LogP contribution in [0.15, 0.2) is 53.6 Å². The van der Waals surface area contributed by atoms with Gasteiger partial charge in [-0.2, -0.15) is 0 Å². The standard InChI is InChI=1S/C43H52N6O9/c1-8-25(15-26-9-10-29-30(16-26)41(54)49(40(29)53)33-11-12-36(50)46-39(33)52)22-58-24-43(2,3)23-45-37(51)20-44-19-31-34(56-6)17-27(18-35(31)57-7)32-21-48(5)42(55)38-28(32)13-14-47(38)4/h9-10,13-14,16-18,21,25,33,44H,8,11-12,15,19-20,22-24H2,1-7H3,(H,45,51)(H,46,50,52).